The van der Waals surface area contributed by atoms with Gasteiger partial charge in [0.05, 0.1) is 12.2 Å². The Morgan fingerprint density at radius 3 is 2.70 bits per heavy atom. The van der Waals surface area contributed by atoms with Crippen LogP contribution in [0.5, 0.6) is 0 Å². The van der Waals surface area contributed by atoms with Crippen LogP contribution in [-0.2, 0) is 28.5 Å². The first kappa shape index (κ1) is 20.2. The molecule has 0 aromatic heterocycles. The molecule has 0 aliphatic carbocycles. The van der Waals surface area contributed by atoms with E-state index in [1.807, 2.05) is 13.8 Å². The molecule has 3 rings (SSSR count). The fourth-order valence-electron chi connectivity index (χ4n) is 3.55. The summed E-state index contributed by atoms with van der Waals surface area (Å²) < 4.78 is 29.1. The lowest BCUT2D eigenvalue weighted by Gasteiger charge is -2.42. The maximum Gasteiger partial charge on any atom is 0.184 e. The molecule has 10 heteroatoms. The van der Waals surface area contributed by atoms with Crippen LogP contribution in [0, 0.1) is 0 Å². The Bertz CT molecular complexity index is 646. The number of ketones is 1. The number of nitrogens with zero attached hydrogens (tertiary/aromatic N) is 3. The molecule has 3 aliphatic heterocycles. The SMILES string of the molecule is CC(C)OC1OC(C[C@H]2OC(O)C=CC2=O)C2OC(C)(C)OC2C1N=[N+]=[N-]. The molecule has 2 fully saturated rings. The summed E-state index contributed by atoms with van der Waals surface area (Å²) in [5, 5.41) is 13.5. The molecule has 0 amide bonds. The highest BCUT2D eigenvalue weighted by Gasteiger charge is 2.56. The lowest BCUT2D eigenvalue weighted by atomic mass is 9.92. The van der Waals surface area contributed by atoms with E-state index in [1.54, 1.807) is 13.8 Å². The number of rotatable bonds is 5. The quantitative estimate of drug-likeness (QED) is 0.433. The van der Waals surface area contributed by atoms with Crippen molar-refractivity contribution in [1.29, 1.82) is 0 Å². The maximum absolute atomic E-state index is 12.1. The van der Waals surface area contributed by atoms with Crippen molar-refractivity contribution < 1.29 is 33.6 Å². The molecule has 0 aromatic rings. The highest BCUT2D eigenvalue weighted by molar-refractivity contribution is 5.94. The maximum atomic E-state index is 12.1. The van der Waals surface area contributed by atoms with Crippen LogP contribution in [0.1, 0.15) is 34.1 Å². The number of carbonyl (C=O) groups is 1. The lowest BCUT2D eigenvalue weighted by molar-refractivity contribution is -0.257. The van der Waals surface area contributed by atoms with Crippen LogP contribution in [0.15, 0.2) is 17.3 Å². The number of aliphatic hydroxyl groups excluding tert-OH is 1. The molecule has 6 unspecified atom stereocenters. The number of azide groups is 1. The molecule has 7 atom stereocenters. The van der Waals surface area contributed by atoms with E-state index in [9.17, 15) is 9.90 Å². The van der Waals surface area contributed by atoms with Gasteiger partial charge < -0.3 is 28.8 Å². The second-order valence-corrected chi connectivity index (χ2v) is 7.50. The van der Waals surface area contributed by atoms with Gasteiger partial charge in [0.15, 0.2) is 24.2 Å². The van der Waals surface area contributed by atoms with Crippen molar-refractivity contribution in [3.63, 3.8) is 0 Å². The fourth-order valence-corrected chi connectivity index (χ4v) is 3.55. The van der Waals surface area contributed by atoms with Gasteiger partial charge in [0.2, 0.25) is 0 Å². The van der Waals surface area contributed by atoms with Crippen LogP contribution < -0.4 is 0 Å². The summed E-state index contributed by atoms with van der Waals surface area (Å²) in [6.07, 6.45) is -2.15. The molecule has 2 saturated heterocycles. The average molecular weight is 383 g/mol. The van der Waals surface area contributed by atoms with Crippen molar-refractivity contribution in [3.8, 4) is 0 Å². The minimum Gasteiger partial charge on any atom is -0.365 e. The Kier molecular flexibility index (Phi) is 5.87. The van der Waals surface area contributed by atoms with Crippen LogP contribution in [0.2, 0.25) is 0 Å². The highest BCUT2D eigenvalue weighted by Crippen LogP contribution is 2.40. The molecule has 3 aliphatic rings. The van der Waals surface area contributed by atoms with Crippen molar-refractivity contribution in [1.82, 2.24) is 0 Å². The minimum atomic E-state index is -1.15. The molecule has 27 heavy (non-hydrogen) atoms. The third-order valence-corrected chi connectivity index (χ3v) is 4.54. The summed E-state index contributed by atoms with van der Waals surface area (Å²) in [6.45, 7) is 7.18. The van der Waals surface area contributed by atoms with E-state index >= 15 is 0 Å². The van der Waals surface area contributed by atoms with Crippen LogP contribution in [-0.4, -0.2) is 65.8 Å². The van der Waals surface area contributed by atoms with Gasteiger partial charge in [-0.3, -0.25) is 4.79 Å². The van der Waals surface area contributed by atoms with E-state index in [2.05, 4.69) is 10.0 Å². The summed E-state index contributed by atoms with van der Waals surface area (Å²) in [4.78, 5) is 15.0. The Morgan fingerprint density at radius 1 is 1.33 bits per heavy atom. The van der Waals surface area contributed by atoms with Crippen LogP contribution in [0.4, 0.5) is 0 Å². The first-order valence-corrected chi connectivity index (χ1v) is 8.96. The molecule has 0 spiro atoms. The van der Waals surface area contributed by atoms with Crippen LogP contribution in [0.25, 0.3) is 10.4 Å². The number of hydrogen-bond donors (Lipinski definition) is 1. The van der Waals surface area contributed by atoms with Gasteiger partial charge in [-0.15, -0.1) is 0 Å². The van der Waals surface area contributed by atoms with Crippen molar-refractivity contribution >= 4 is 5.78 Å². The summed E-state index contributed by atoms with van der Waals surface area (Å²) in [5.74, 6) is -1.18. The van der Waals surface area contributed by atoms with Gasteiger partial charge in [0, 0.05) is 11.3 Å². The molecule has 150 valence electrons. The summed E-state index contributed by atoms with van der Waals surface area (Å²) in [6, 6.07) is -0.742. The predicted molar refractivity (Wildman–Crippen MR) is 91.3 cm³/mol. The molecule has 0 saturated carbocycles. The smallest absolute Gasteiger partial charge is 0.184 e. The van der Waals surface area contributed by atoms with Gasteiger partial charge in [0.1, 0.15) is 24.4 Å². The summed E-state index contributed by atoms with van der Waals surface area (Å²) in [5.41, 5.74) is 8.96. The standard InChI is InChI=1S/C17H25N3O7/c1-8(2)23-16-13(19-20-18)15-14(26-17(3,4)27-15)11(25-16)7-10-9(21)5-6-12(22)24-10/h5-6,8,10-16,22H,7H2,1-4H3/t10-,11?,12?,13?,14?,15?,16?/m1/s1. The molecule has 10 nitrogen and oxygen atoms in total. The normalized spacial score (nSPS) is 40.7. The van der Waals surface area contributed by atoms with Crippen LogP contribution in [0.3, 0.4) is 0 Å². The molecular formula is C17H25N3O7. The molecule has 0 bridgehead atoms. The number of ether oxygens (including phenoxy) is 5. The first-order chi connectivity index (χ1) is 12.7. The Labute approximate surface area is 157 Å². The second kappa shape index (κ2) is 7.84. The van der Waals surface area contributed by atoms with Crippen molar-refractivity contribution in [2.45, 2.75) is 89.0 Å². The third-order valence-electron chi connectivity index (χ3n) is 4.54. The predicted octanol–water partition coefficient (Wildman–Crippen LogP) is 1.57. The van der Waals surface area contributed by atoms with Gasteiger partial charge in [-0.1, -0.05) is 5.11 Å². The van der Waals surface area contributed by atoms with Gasteiger partial charge in [-0.25, -0.2) is 0 Å². The average Bonchev–Trinajstić information content (AvgIpc) is 2.89. The van der Waals surface area contributed by atoms with E-state index < -0.39 is 48.8 Å². The molecule has 3 heterocycles. The minimum absolute atomic E-state index is 0.141. The summed E-state index contributed by atoms with van der Waals surface area (Å²) >= 11 is 0. The van der Waals surface area contributed by atoms with Gasteiger partial charge in [-0.2, -0.15) is 0 Å². The van der Waals surface area contributed by atoms with Gasteiger partial charge in [0.25, 0.3) is 0 Å². The van der Waals surface area contributed by atoms with Crippen molar-refractivity contribution in [2.24, 2.45) is 5.11 Å². The van der Waals surface area contributed by atoms with E-state index in [1.165, 1.54) is 12.2 Å². The van der Waals surface area contributed by atoms with E-state index in [4.69, 9.17) is 29.2 Å². The zero-order valence-corrected chi connectivity index (χ0v) is 15.7. The van der Waals surface area contributed by atoms with E-state index in [0.717, 1.165) is 0 Å². The van der Waals surface area contributed by atoms with E-state index in [0.29, 0.717) is 0 Å². The molecule has 1 N–H and O–H groups in total. The second-order valence-electron chi connectivity index (χ2n) is 7.50. The Morgan fingerprint density at radius 2 is 2.04 bits per heavy atom. The fraction of sp³-hybridized carbons (Fsp3) is 0.824. The van der Waals surface area contributed by atoms with Crippen molar-refractivity contribution in [2.75, 3.05) is 0 Å². The number of carbonyl (C=O) groups excluding carboxylic acids is 1. The van der Waals surface area contributed by atoms with E-state index in [-0.39, 0.29) is 18.3 Å². The number of aliphatic hydroxyl groups is 1. The zero-order valence-electron chi connectivity index (χ0n) is 15.7. The molecule has 0 radical (unpaired) electrons. The Balaban J connectivity index is 1.85. The third kappa shape index (κ3) is 4.49. The summed E-state index contributed by atoms with van der Waals surface area (Å²) in [7, 11) is 0. The van der Waals surface area contributed by atoms with Crippen molar-refractivity contribution in [3.05, 3.63) is 22.6 Å². The Hall–Kier alpha value is -1.52. The van der Waals surface area contributed by atoms with Gasteiger partial charge in [-0.05, 0) is 45.4 Å². The highest BCUT2D eigenvalue weighted by atomic mass is 16.8. The lowest BCUT2D eigenvalue weighted by Crippen LogP contribution is -2.57. The van der Waals surface area contributed by atoms with Crippen LogP contribution >= 0.6 is 0 Å². The first-order valence-electron chi connectivity index (χ1n) is 8.96. The van der Waals surface area contributed by atoms with Gasteiger partial charge >= 0.3 is 0 Å². The topological polar surface area (TPSA) is 132 Å². The molecular weight excluding hydrogens is 358 g/mol. The monoisotopic (exact) mass is 383 g/mol. The molecule has 0 aromatic carbocycles. The largest absolute Gasteiger partial charge is 0.365 e. The zero-order chi connectivity index (χ0) is 19.8. The number of fused-ring (bicyclic) bond motifs is 1. The number of hydrogen-bond acceptors (Lipinski definition) is 8.